The van der Waals surface area contributed by atoms with Gasteiger partial charge in [-0.15, -0.1) is 0 Å². The lowest BCUT2D eigenvalue weighted by atomic mass is 10.1. The van der Waals surface area contributed by atoms with Crippen molar-refractivity contribution >= 4 is 5.91 Å². The lowest BCUT2D eigenvalue weighted by Gasteiger charge is -2.21. The Kier molecular flexibility index (Phi) is 7.15. The predicted octanol–water partition coefficient (Wildman–Crippen LogP) is 2.83. The number of nitrogens with zero attached hydrogens (tertiary/aromatic N) is 1. The van der Waals surface area contributed by atoms with Gasteiger partial charge in [0.05, 0.1) is 0 Å². The zero-order chi connectivity index (χ0) is 15.0. The average molecular weight is 284 g/mol. The summed E-state index contributed by atoms with van der Waals surface area (Å²) < 4.78 is 26.0. The molecule has 0 aliphatic carbocycles. The van der Waals surface area contributed by atoms with Crippen LogP contribution >= 0.6 is 0 Å². The number of benzene rings is 1. The number of nitrogens with two attached hydrogens (primary N) is 1. The monoisotopic (exact) mass is 284 g/mol. The zero-order valence-electron chi connectivity index (χ0n) is 11.9. The summed E-state index contributed by atoms with van der Waals surface area (Å²) in [7, 11) is 0. The van der Waals surface area contributed by atoms with E-state index in [4.69, 9.17) is 5.73 Å². The summed E-state index contributed by atoms with van der Waals surface area (Å²) in [5.74, 6) is -1.71. The smallest absolute Gasteiger partial charge is 0.222 e. The summed E-state index contributed by atoms with van der Waals surface area (Å²) in [5.41, 5.74) is 6.00. The molecule has 0 radical (unpaired) electrons. The second kappa shape index (κ2) is 8.64. The van der Waals surface area contributed by atoms with Crippen molar-refractivity contribution in [2.45, 2.75) is 39.2 Å². The number of carbonyl (C=O) groups is 1. The van der Waals surface area contributed by atoms with Crippen LogP contribution in [0.3, 0.4) is 0 Å². The van der Waals surface area contributed by atoms with Gasteiger partial charge in [-0.05, 0) is 44.0 Å². The molecule has 3 nitrogen and oxygen atoms in total. The van der Waals surface area contributed by atoms with Gasteiger partial charge >= 0.3 is 0 Å². The van der Waals surface area contributed by atoms with Gasteiger partial charge in [0.15, 0.2) is 11.6 Å². The number of halogens is 2. The molecule has 1 aromatic carbocycles. The average Bonchev–Trinajstić information content (AvgIpc) is 2.44. The molecule has 0 aliphatic rings. The number of hydrogen-bond acceptors (Lipinski definition) is 2. The van der Waals surface area contributed by atoms with Crippen LogP contribution in [0.25, 0.3) is 0 Å². The van der Waals surface area contributed by atoms with E-state index < -0.39 is 11.6 Å². The van der Waals surface area contributed by atoms with Crippen molar-refractivity contribution in [2.24, 2.45) is 5.73 Å². The van der Waals surface area contributed by atoms with E-state index in [1.54, 1.807) is 4.90 Å². The lowest BCUT2D eigenvalue weighted by Crippen LogP contribution is -2.30. The van der Waals surface area contributed by atoms with E-state index in [-0.39, 0.29) is 5.91 Å². The molecule has 1 amide bonds. The molecule has 2 N–H and O–H groups in total. The van der Waals surface area contributed by atoms with E-state index in [2.05, 4.69) is 0 Å². The van der Waals surface area contributed by atoms with Crippen LogP contribution in [0.4, 0.5) is 8.78 Å². The number of carbonyl (C=O) groups excluding carboxylic acids is 1. The molecule has 0 aliphatic heterocycles. The van der Waals surface area contributed by atoms with Crippen molar-refractivity contribution < 1.29 is 13.6 Å². The number of unbranched alkanes of at least 4 members (excludes halogenated alkanes) is 2. The Morgan fingerprint density at radius 2 is 1.95 bits per heavy atom. The van der Waals surface area contributed by atoms with Crippen LogP contribution in [0.15, 0.2) is 18.2 Å². The third-order valence-corrected chi connectivity index (χ3v) is 3.19. The molecule has 0 heterocycles. The Bertz CT molecular complexity index is 438. The van der Waals surface area contributed by atoms with E-state index in [1.165, 1.54) is 6.07 Å². The summed E-state index contributed by atoms with van der Waals surface area (Å²) in [5, 5.41) is 0. The van der Waals surface area contributed by atoms with Crippen LogP contribution in [-0.4, -0.2) is 23.9 Å². The number of hydrogen-bond donors (Lipinski definition) is 1. The molecule has 1 aromatic rings. The summed E-state index contributed by atoms with van der Waals surface area (Å²) in [6, 6.07) is 3.73. The molecule has 0 saturated carbocycles. The molecule has 0 aromatic heterocycles. The standard InChI is InChI=1S/C15H22F2N2O/c1-2-19(15(20)6-4-3-5-9-18)11-12-7-8-13(16)14(17)10-12/h7-8,10H,2-6,9,11,18H2,1H3. The molecule has 20 heavy (non-hydrogen) atoms. The third-order valence-electron chi connectivity index (χ3n) is 3.19. The van der Waals surface area contributed by atoms with Gasteiger partial charge in [-0.3, -0.25) is 4.79 Å². The van der Waals surface area contributed by atoms with Crippen molar-refractivity contribution in [3.63, 3.8) is 0 Å². The van der Waals surface area contributed by atoms with Crippen LogP contribution in [0.1, 0.15) is 38.2 Å². The van der Waals surface area contributed by atoms with E-state index in [1.807, 2.05) is 6.92 Å². The first kappa shape index (κ1) is 16.6. The maximum atomic E-state index is 13.1. The predicted molar refractivity (Wildman–Crippen MR) is 75.0 cm³/mol. The minimum Gasteiger partial charge on any atom is -0.339 e. The van der Waals surface area contributed by atoms with Crippen molar-refractivity contribution in [3.8, 4) is 0 Å². The minimum atomic E-state index is -0.881. The quantitative estimate of drug-likeness (QED) is 0.746. The fourth-order valence-corrected chi connectivity index (χ4v) is 1.99. The van der Waals surface area contributed by atoms with Gasteiger partial charge in [0, 0.05) is 19.5 Å². The maximum absolute atomic E-state index is 13.1. The Hall–Kier alpha value is -1.49. The second-order valence-electron chi connectivity index (χ2n) is 4.76. The first-order chi connectivity index (χ1) is 9.58. The van der Waals surface area contributed by atoms with E-state index in [0.29, 0.717) is 31.6 Å². The number of rotatable bonds is 8. The Morgan fingerprint density at radius 1 is 1.20 bits per heavy atom. The third kappa shape index (κ3) is 5.25. The van der Waals surface area contributed by atoms with Gasteiger partial charge in [0.2, 0.25) is 5.91 Å². The minimum absolute atomic E-state index is 0.0363. The highest BCUT2D eigenvalue weighted by Crippen LogP contribution is 2.12. The topological polar surface area (TPSA) is 46.3 Å². The highest BCUT2D eigenvalue weighted by molar-refractivity contribution is 5.76. The first-order valence-electron chi connectivity index (χ1n) is 7.00. The molecular weight excluding hydrogens is 262 g/mol. The fraction of sp³-hybridized carbons (Fsp3) is 0.533. The first-order valence-corrected chi connectivity index (χ1v) is 7.00. The molecule has 112 valence electrons. The van der Waals surface area contributed by atoms with Crippen LogP contribution in [0.2, 0.25) is 0 Å². The molecule has 1 rings (SSSR count). The Balaban J connectivity index is 2.52. The molecule has 0 bridgehead atoms. The second-order valence-corrected chi connectivity index (χ2v) is 4.76. The summed E-state index contributed by atoms with van der Waals surface area (Å²) in [4.78, 5) is 13.7. The van der Waals surface area contributed by atoms with E-state index >= 15 is 0 Å². The van der Waals surface area contributed by atoms with Crippen LogP contribution < -0.4 is 5.73 Å². The fourth-order valence-electron chi connectivity index (χ4n) is 1.99. The van der Waals surface area contributed by atoms with Crippen molar-refractivity contribution in [3.05, 3.63) is 35.4 Å². The lowest BCUT2D eigenvalue weighted by molar-refractivity contribution is -0.131. The summed E-state index contributed by atoms with van der Waals surface area (Å²) >= 11 is 0. The summed E-state index contributed by atoms with van der Waals surface area (Å²) in [6.45, 7) is 3.37. The molecule has 0 unspecified atom stereocenters. The van der Waals surface area contributed by atoms with Crippen LogP contribution in [-0.2, 0) is 11.3 Å². The van der Waals surface area contributed by atoms with Crippen molar-refractivity contribution in [1.82, 2.24) is 4.90 Å². The SMILES string of the molecule is CCN(Cc1ccc(F)c(F)c1)C(=O)CCCCCN. The Labute approximate surface area is 118 Å². The molecule has 0 spiro atoms. The van der Waals surface area contributed by atoms with Crippen LogP contribution in [0.5, 0.6) is 0 Å². The highest BCUT2D eigenvalue weighted by atomic mass is 19.2. The molecule has 0 saturated heterocycles. The highest BCUT2D eigenvalue weighted by Gasteiger charge is 2.12. The van der Waals surface area contributed by atoms with Crippen LogP contribution in [0, 0.1) is 11.6 Å². The van der Waals surface area contributed by atoms with E-state index in [0.717, 1.165) is 31.4 Å². The van der Waals surface area contributed by atoms with Crippen molar-refractivity contribution in [1.29, 1.82) is 0 Å². The molecule has 0 fully saturated rings. The summed E-state index contributed by atoms with van der Waals surface area (Å²) in [6.07, 6.45) is 3.13. The van der Waals surface area contributed by atoms with Gasteiger partial charge < -0.3 is 10.6 Å². The van der Waals surface area contributed by atoms with Gasteiger partial charge in [-0.25, -0.2) is 8.78 Å². The van der Waals surface area contributed by atoms with Gasteiger partial charge in [-0.2, -0.15) is 0 Å². The maximum Gasteiger partial charge on any atom is 0.222 e. The van der Waals surface area contributed by atoms with Crippen molar-refractivity contribution in [2.75, 3.05) is 13.1 Å². The molecule has 5 heteroatoms. The zero-order valence-corrected chi connectivity index (χ0v) is 11.9. The van der Waals surface area contributed by atoms with Gasteiger partial charge in [0.1, 0.15) is 0 Å². The van der Waals surface area contributed by atoms with Gasteiger partial charge in [-0.1, -0.05) is 12.5 Å². The normalized spacial score (nSPS) is 10.6. The van der Waals surface area contributed by atoms with Gasteiger partial charge in [0.25, 0.3) is 0 Å². The molecular formula is C15H22F2N2O. The number of amides is 1. The largest absolute Gasteiger partial charge is 0.339 e. The molecule has 0 atom stereocenters. The Morgan fingerprint density at radius 3 is 2.55 bits per heavy atom. The van der Waals surface area contributed by atoms with E-state index in [9.17, 15) is 13.6 Å².